The molecule has 1 unspecified atom stereocenters. The third kappa shape index (κ3) is 5.30. The average Bonchev–Trinajstić information content (AvgIpc) is 2.95. The number of nitrogens with two attached hydrogens (primary N) is 1. The van der Waals surface area contributed by atoms with Gasteiger partial charge in [-0.2, -0.15) is 13.2 Å². The maximum absolute atomic E-state index is 12.5. The maximum atomic E-state index is 12.5. The topological polar surface area (TPSA) is 68.5 Å². The number of nitrogens with zero attached hydrogens (tertiary/aromatic N) is 2. The minimum Gasteiger partial charge on any atom is -0.381 e. The minimum absolute atomic E-state index is 0. The van der Waals surface area contributed by atoms with Crippen LogP contribution in [-0.4, -0.2) is 42.1 Å². The molecule has 1 saturated heterocycles. The molecule has 0 aromatic carbocycles. The number of thiazole rings is 1. The normalized spacial score (nSPS) is 17.4. The minimum atomic E-state index is -4.46. The van der Waals surface area contributed by atoms with Gasteiger partial charge in [-0.15, -0.1) is 23.7 Å². The second kappa shape index (κ2) is 8.27. The number of amides is 1. The summed E-state index contributed by atoms with van der Waals surface area (Å²) in [6.45, 7) is 1.18. The molecule has 1 aromatic rings. The highest BCUT2D eigenvalue weighted by atomic mass is 35.5. The number of ether oxygens (including phenoxy) is 1. The van der Waals surface area contributed by atoms with Gasteiger partial charge in [-0.05, 0) is 18.8 Å². The molecule has 2 rings (SSSR count). The molecule has 1 amide bonds. The molecule has 1 aromatic heterocycles. The van der Waals surface area contributed by atoms with E-state index in [9.17, 15) is 18.0 Å². The summed E-state index contributed by atoms with van der Waals surface area (Å²) in [4.78, 5) is 17.1. The number of hydrogen-bond donors (Lipinski definition) is 1. The molecule has 5 nitrogen and oxygen atoms in total. The zero-order valence-electron chi connectivity index (χ0n) is 12.5. The van der Waals surface area contributed by atoms with Crippen LogP contribution in [0.3, 0.4) is 0 Å². The van der Waals surface area contributed by atoms with Crippen molar-refractivity contribution in [2.45, 2.75) is 31.6 Å². The Labute approximate surface area is 142 Å². The van der Waals surface area contributed by atoms with Gasteiger partial charge in [0.25, 0.3) is 0 Å². The zero-order valence-corrected chi connectivity index (χ0v) is 14.1. The van der Waals surface area contributed by atoms with Gasteiger partial charge in [0.15, 0.2) is 5.69 Å². The molecule has 23 heavy (non-hydrogen) atoms. The maximum Gasteiger partial charge on any atom is 0.434 e. The van der Waals surface area contributed by atoms with E-state index in [2.05, 4.69) is 4.98 Å². The standard InChI is InChI=1S/C13H18F3N3O2S.ClH/c1-19(6-10-18-9(7-22-10)13(14,15)16)12(20)11(17)8-2-4-21-5-3-8;/h7-8,11H,2-6,17H2,1H3;1H. The third-order valence-electron chi connectivity index (χ3n) is 3.65. The van der Waals surface area contributed by atoms with Gasteiger partial charge in [0, 0.05) is 25.6 Å². The molecule has 0 saturated carbocycles. The molecule has 2 N–H and O–H groups in total. The van der Waals surface area contributed by atoms with Crippen molar-refractivity contribution in [1.82, 2.24) is 9.88 Å². The van der Waals surface area contributed by atoms with Gasteiger partial charge in [0.1, 0.15) is 5.01 Å². The Balaban J connectivity index is 0.00000264. The summed E-state index contributed by atoms with van der Waals surface area (Å²) in [6, 6.07) is -0.657. The summed E-state index contributed by atoms with van der Waals surface area (Å²) >= 11 is 0.884. The van der Waals surface area contributed by atoms with Crippen LogP contribution in [0.2, 0.25) is 0 Å². The largest absolute Gasteiger partial charge is 0.434 e. The number of rotatable bonds is 4. The predicted molar refractivity (Wildman–Crippen MR) is 82.4 cm³/mol. The molecule has 1 aliphatic rings. The SMILES string of the molecule is CN(Cc1nc(C(F)(F)F)cs1)C(=O)C(N)C1CCOCC1.Cl. The lowest BCUT2D eigenvalue weighted by molar-refractivity contribution is -0.140. The highest BCUT2D eigenvalue weighted by Crippen LogP contribution is 2.30. The number of likely N-dealkylation sites (N-methyl/N-ethyl adjacent to an activating group) is 1. The molecule has 0 aliphatic carbocycles. The second-order valence-corrected chi connectivity index (χ2v) is 6.24. The number of carbonyl (C=O) groups excluding carboxylic acids is 1. The second-order valence-electron chi connectivity index (χ2n) is 5.29. The van der Waals surface area contributed by atoms with Gasteiger partial charge >= 0.3 is 6.18 Å². The van der Waals surface area contributed by atoms with Crippen molar-refractivity contribution in [3.63, 3.8) is 0 Å². The van der Waals surface area contributed by atoms with Crippen LogP contribution in [0, 0.1) is 5.92 Å². The van der Waals surface area contributed by atoms with Crippen LogP contribution in [0.15, 0.2) is 5.38 Å². The zero-order chi connectivity index (χ0) is 16.3. The lowest BCUT2D eigenvalue weighted by Crippen LogP contribution is -2.47. The number of halogens is 4. The molecular weight excluding hydrogens is 355 g/mol. The molecule has 1 atom stereocenters. The summed E-state index contributed by atoms with van der Waals surface area (Å²) < 4.78 is 42.7. The van der Waals surface area contributed by atoms with Crippen molar-refractivity contribution < 1.29 is 22.7 Å². The van der Waals surface area contributed by atoms with Crippen LogP contribution in [0.4, 0.5) is 13.2 Å². The van der Waals surface area contributed by atoms with Gasteiger partial charge in [-0.1, -0.05) is 0 Å². The summed E-state index contributed by atoms with van der Waals surface area (Å²) in [5.74, 6) is -0.235. The highest BCUT2D eigenvalue weighted by molar-refractivity contribution is 7.09. The lowest BCUT2D eigenvalue weighted by Gasteiger charge is -2.29. The molecule has 10 heteroatoms. The van der Waals surface area contributed by atoms with E-state index in [1.54, 1.807) is 0 Å². The van der Waals surface area contributed by atoms with Crippen LogP contribution in [0.5, 0.6) is 0 Å². The summed E-state index contributed by atoms with van der Waals surface area (Å²) in [7, 11) is 1.52. The smallest absolute Gasteiger partial charge is 0.381 e. The lowest BCUT2D eigenvalue weighted by atomic mass is 9.91. The Hall–Kier alpha value is -0.900. The average molecular weight is 374 g/mol. The Morgan fingerprint density at radius 3 is 2.65 bits per heavy atom. The van der Waals surface area contributed by atoms with Crippen LogP contribution in [0.1, 0.15) is 23.5 Å². The van der Waals surface area contributed by atoms with Crippen LogP contribution in [-0.2, 0) is 22.3 Å². The first-order valence-electron chi connectivity index (χ1n) is 6.89. The molecule has 1 aliphatic heterocycles. The number of carbonyl (C=O) groups is 1. The fourth-order valence-corrected chi connectivity index (χ4v) is 3.18. The predicted octanol–water partition coefficient (Wildman–Crippen LogP) is 2.30. The van der Waals surface area contributed by atoms with Gasteiger partial charge in [0.05, 0.1) is 12.6 Å². The number of aromatic nitrogens is 1. The number of hydrogen-bond acceptors (Lipinski definition) is 5. The summed E-state index contributed by atoms with van der Waals surface area (Å²) in [6.07, 6.45) is -3.03. The first-order valence-corrected chi connectivity index (χ1v) is 7.77. The van der Waals surface area contributed by atoms with Crippen molar-refractivity contribution in [3.05, 3.63) is 16.1 Å². The van der Waals surface area contributed by atoms with Crippen LogP contribution in [0.25, 0.3) is 0 Å². The third-order valence-corrected chi connectivity index (χ3v) is 4.48. The van der Waals surface area contributed by atoms with E-state index in [1.807, 2.05) is 0 Å². The van der Waals surface area contributed by atoms with E-state index in [0.717, 1.165) is 29.6 Å². The van der Waals surface area contributed by atoms with E-state index < -0.39 is 17.9 Å². The van der Waals surface area contributed by atoms with Crippen molar-refractivity contribution in [1.29, 1.82) is 0 Å². The van der Waals surface area contributed by atoms with Crippen molar-refractivity contribution >= 4 is 29.7 Å². The summed E-state index contributed by atoms with van der Waals surface area (Å²) in [5.41, 5.74) is 5.05. The Bertz CT molecular complexity index is 521. The molecular formula is C13H19ClF3N3O2S. The van der Waals surface area contributed by atoms with Gasteiger partial charge in [0.2, 0.25) is 5.91 Å². The Morgan fingerprint density at radius 1 is 1.52 bits per heavy atom. The Morgan fingerprint density at radius 2 is 2.13 bits per heavy atom. The first-order chi connectivity index (χ1) is 10.3. The van der Waals surface area contributed by atoms with E-state index in [0.29, 0.717) is 13.2 Å². The van der Waals surface area contributed by atoms with Crippen molar-refractivity contribution in [2.75, 3.05) is 20.3 Å². The Kier molecular flexibility index (Phi) is 7.25. The molecule has 2 heterocycles. The van der Waals surface area contributed by atoms with Crippen LogP contribution < -0.4 is 5.73 Å². The molecule has 132 valence electrons. The summed E-state index contributed by atoms with van der Waals surface area (Å²) in [5, 5.41) is 1.19. The van der Waals surface area contributed by atoms with E-state index >= 15 is 0 Å². The monoisotopic (exact) mass is 373 g/mol. The van der Waals surface area contributed by atoms with Gasteiger partial charge in [-0.25, -0.2) is 4.98 Å². The fraction of sp³-hybridized carbons (Fsp3) is 0.692. The van der Waals surface area contributed by atoms with Crippen molar-refractivity contribution in [3.8, 4) is 0 Å². The highest BCUT2D eigenvalue weighted by Gasteiger charge is 2.34. The van der Waals surface area contributed by atoms with E-state index in [1.165, 1.54) is 11.9 Å². The van der Waals surface area contributed by atoms with Gasteiger partial charge < -0.3 is 15.4 Å². The molecule has 0 spiro atoms. The molecule has 1 fully saturated rings. The van der Waals surface area contributed by atoms with E-state index in [-0.39, 0.29) is 35.8 Å². The van der Waals surface area contributed by atoms with E-state index in [4.69, 9.17) is 10.5 Å². The van der Waals surface area contributed by atoms with Crippen LogP contribution >= 0.6 is 23.7 Å². The quantitative estimate of drug-likeness (QED) is 0.879. The molecule has 0 bridgehead atoms. The van der Waals surface area contributed by atoms with Gasteiger partial charge in [-0.3, -0.25) is 4.79 Å². The first kappa shape index (κ1) is 20.1. The van der Waals surface area contributed by atoms with Crippen molar-refractivity contribution in [2.24, 2.45) is 11.7 Å². The number of alkyl halides is 3. The fourth-order valence-electron chi connectivity index (χ4n) is 2.33. The molecule has 0 radical (unpaired) electrons.